The number of nitrogens with one attached hydrogen (secondary N) is 1. The zero-order valence-corrected chi connectivity index (χ0v) is 19.3. The number of aromatic nitrogens is 2. The van der Waals surface area contributed by atoms with Crippen LogP contribution in [0, 0.1) is 0 Å². The quantitative estimate of drug-likeness (QED) is 0.281. The number of rotatable bonds is 10. The summed E-state index contributed by atoms with van der Waals surface area (Å²) >= 11 is 9.40. The monoisotopic (exact) mass is 461 g/mol. The third-order valence-corrected chi connectivity index (χ3v) is 6.36. The predicted octanol–water partition coefficient (Wildman–Crippen LogP) is 6.33. The van der Waals surface area contributed by atoms with Crippen LogP contribution in [0.2, 0.25) is 5.02 Å². The minimum atomic E-state index is -0.128. The number of amides is 1. The summed E-state index contributed by atoms with van der Waals surface area (Å²) < 4.78 is 5.56. The molecule has 1 heterocycles. The Morgan fingerprint density at radius 1 is 1.07 bits per heavy atom. The summed E-state index contributed by atoms with van der Waals surface area (Å²) in [5.41, 5.74) is 1.09. The van der Waals surface area contributed by atoms with E-state index in [9.17, 15) is 4.79 Å². The van der Waals surface area contributed by atoms with Gasteiger partial charge in [-0.2, -0.15) is 0 Å². The van der Waals surface area contributed by atoms with Crippen molar-refractivity contribution in [1.29, 1.82) is 0 Å². The number of halogens is 1. The molecule has 0 aliphatic rings. The number of nitrogens with zero attached hydrogens (tertiary/aromatic N) is 2. The fourth-order valence-corrected chi connectivity index (χ4v) is 4.46. The van der Waals surface area contributed by atoms with Crippen molar-refractivity contribution >= 4 is 47.0 Å². The molecule has 0 bridgehead atoms. The summed E-state index contributed by atoms with van der Waals surface area (Å²) in [6, 6.07) is 16.1. The van der Waals surface area contributed by atoms with E-state index in [2.05, 4.69) is 53.6 Å². The maximum atomic E-state index is 12.1. The third-order valence-electron chi connectivity index (χ3n) is 3.99. The lowest BCUT2D eigenvalue weighted by atomic mass is 10.1. The highest BCUT2D eigenvalue weighted by Gasteiger charge is 2.11. The number of hydrogen-bond acceptors (Lipinski definition) is 6. The van der Waals surface area contributed by atoms with Gasteiger partial charge in [0.1, 0.15) is 0 Å². The van der Waals surface area contributed by atoms with Crippen molar-refractivity contribution in [3.63, 3.8) is 0 Å². The summed E-state index contributed by atoms with van der Waals surface area (Å²) in [6.45, 7) is 4.34. The number of hydrogen-bond donors (Lipinski definition) is 1. The van der Waals surface area contributed by atoms with E-state index in [0.717, 1.165) is 27.7 Å². The summed E-state index contributed by atoms with van der Waals surface area (Å²) in [7, 11) is 0. The van der Waals surface area contributed by atoms with E-state index in [4.69, 9.17) is 16.0 Å². The lowest BCUT2D eigenvalue weighted by Crippen LogP contribution is -2.11. The van der Waals surface area contributed by atoms with Crippen LogP contribution in [0.15, 0.2) is 62.7 Å². The molecule has 0 atom stereocenters. The molecule has 0 radical (unpaired) electrons. The molecule has 1 N–H and O–H groups in total. The largest absolute Gasteiger partial charge is 0.407 e. The zero-order chi connectivity index (χ0) is 21.3. The maximum absolute atomic E-state index is 12.1. The van der Waals surface area contributed by atoms with Gasteiger partial charge in [0, 0.05) is 26.5 Å². The molecular weight excluding hydrogens is 438 g/mol. The topological polar surface area (TPSA) is 68.0 Å². The van der Waals surface area contributed by atoms with Crippen molar-refractivity contribution < 1.29 is 9.21 Å². The molecule has 0 aliphatic heterocycles. The van der Waals surface area contributed by atoms with Gasteiger partial charge in [0.15, 0.2) is 0 Å². The second kappa shape index (κ2) is 11.4. The summed E-state index contributed by atoms with van der Waals surface area (Å²) in [4.78, 5) is 14.5. The minimum Gasteiger partial charge on any atom is -0.407 e. The van der Waals surface area contributed by atoms with Crippen LogP contribution in [0.1, 0.15) is 38.1 Å². The highest BCUT2D eigenvalue weighted by Crippen LogP contribution is 2.24. The Kier molecular flexibility index (Phi) is 8.66. The number of benzene rings is 2. The van der Waals surface area contributed by atoms with Crippen LogP contribution in [-0.2, 0) is 11.2 Å². The minimum absolute atomic E-state index is 0.128. The van der Waals surface area contributed by atoms with Crippen LogP contribution in [-0.4, -0.2) is 27.1 Å². The Morgan fingerprint density at radius 2 is 1.77 bits per heavy atom. The van der Waals surface area contributed by atoms with Crippen LogP contribution < -0.4 is 5.32 Å². The molecule has 0 saturated carbocycles. The van der Waals surface area contributed by atoms with Crippen molar-refractivity contribution in [2.75, 3.05) is 11.1 Å². The van der Waals surface area contributed by atoms with Crippen LogP contribution >= 0.6 is 35.1 Å². The molecule has 0 saturated heterocycles. The van der Waals surface area contributed by atoms with Gasteiger partial charge in [0.2, 0.25) is 11.8 Å². The highest BCUT2D eigenvalue weighted by molar-refractivity contribution is 8.00. The highest BCUT2D eigenvalue weighted by atomic mass is 35.5. The van der Waals surface area contributed by atoms with Crippen molar-refractivity contribution in [2.24, 2.45) is 0 Å². The number of anilines is 1. The molecule has 158 valence electrons. The fraction of sp³-hybridized carbons (Fsp3) is 0.318. The number of carbonyl (C=O) groups is 1. The van der Waals surface area contributed by atoms with Gasteiger partial charge >= 0.3 is 6.01 Å². The normalized spacial score (nSPS) is 11.1. The predicted molar refractivity (Wildman–Crippen MR) is 125 cm³/mol. The molecule has 0 unspecified atom stereocenters. The molecule has 1 aromatic heterocycles. The second-order valence-electron chi connectivity index (χ2n) is 6.94. The van der Waals surface area contributed by atoms with E-state index in [0.29, 0.717) is 24.0 Å². The SMILES string of the molecule is CC(C)Sc1ccc(Cc2nnc(NC(=O)CCCSc3ccc(Cl)cc3)o2)cc1. The average molecular weight is 462 g/mol. The van der Waals surface area contributed by atoms with E-state index in [1.165, 1.54) is 4.90 Å². The molecule has 0 spiro atoms. The van der Waals surface area contributed by atoms with E-state index < -0.39 is 0 Å². The Balaban J connectivity index is 1.40. The van der Waals surface area contributed by atoms with Gasteiger partial charge in [-0.25, -0.2) is 0 Å². The van der Waals surface area contributed by atoms with Gasteiger partial charge in [-0.15, -0.1) is 28.6 Å². The van der Waals surface area contributed by atoms with Crippen molar-refractivity contribution in [1.82, 2.24) is 10.2 Å². The van der Waals surface area contributed by atoms with Gasteiger partial charge in [-0.05, 0) is 54.1 Å². The van der Waals surface area contributed by atoms with Gasteiger partial charge in [0.25, 0.3) is 0 Å². The van der Waals surface area contributed by atoms with Gasteiger partial charge in [0.05, 0.1) is 6.42 Å². The van der Waals surface area contributed by atoms with Gasteiger partial charge in [-0.1, -0.05) is 42.7 Å². The Bertz CT molecular complexity index is 944. The summed E-state index contributed by atoms with van der Waals surface area (Å²) in [6.07, 6.45) is 1.68. The lowest BCUT2D eigenvalue weighted by Gasteiger charge is -2.05. The van der Waals surface area contributed by atoms with E-state index >= 15 is 0 Å². The summed E-state index contributed by atoms with van der Waals surface area (Å²) in [5, 5.41) is 11.9. The van der Waals surface area contributed by atoms with Crippen molar-refractivity contribution in [3.8, 4) is 0 Å². The standard InChI is InChI=1S/C22H24ClN3O2S2/c1-15(2)30-19-9-5-16(6-10-19)14-21-25-26-22(28-21)24-20(27)4-3-13-29-18-11-7-17(23)8-12-18/h5-12,15H,3-4,13-14H2,1-2H3,(H,24,26,27). The Hall–Kier alpha value is -1.96. The first-order chi connectivity index (χ1) is 14.5. The van der Waals surface area contributed by atoms with E-state index in [-0.39, 0.29) is 11.9 Å². The van der Waals surface area contributed by atoms with Crippen LogP contribution in [0.5, 0.6) is 0 Å². The van der Waals surface area contributed by atoms with Gasteiger partial charge < -0.3 is 4.42 Å². The van der Waals surface area contributed by atoms with Crippen LogP contribution in [0.4, 0.5) is 6.01 Å². The van der Waals surface area contributed by atoms with Crippen LogP contribution in [0.3, 0.4) is 0 Å². The maximum Gasteiger partial charge on any atom is 0.322 e. The molecule has 0 fully saturated rings. The van der Waals surface area contributed by atoms with Crippen molar-refractivity contribution in [3.05, 3.63) is 65.0 Å². The molecule has 2 aromatic carbocycles. The number of thioether (sulfide) groups is 2. The lowest BCUT2D eigenvalue weighted by molar-refractivity contribution is -0.116. The van der Waals surface area contributed by atoms with Crippen LogP contribution in [0.25, 0.3) is 0 Å². The first kappa shape index (κ1) is 22.7. The van der Waals surface area contributed by atoms with E-state index in [1.54, 1.807) is 11.8 Å². The first-order valence-electron chi connectivity index (χ1n) is 9.74. The fourth-order valence-electron chi connectivity index (χ4n) is 2.64. The second-order valence-corrected chi connectivity index (χ2v) is 10.2. The molecule has 0 aliphatic carbocycles. The average Bonchev–Trinajstić information content (AvgIpc) is 3.14. The molecule has 1 amide bonds. The molecule has 3 rings (SSSR count). The third kappa shape index (κ3) is 7.70. The molecule has 30 heavy (non-hydrogen) atoms. The smallest absolute Gasteiger partial charge is 0.322 e. The summed E-state index contributed by atoms with van der Waals surface area (Å²) in [5.74, 6) is 1.19. The first-order valence-corrected chi connectivity index (χ1v) is 12.0. The van der Waals surface area contributed by atoms with Gasteiger partial charge in [-0.3, -0.25) is 10.1 Å². The zero-order valence-electron chi connectivity index (χ0n) is 16.9. The van der Waals surface area contributed by atoms with E-state index in [1.807, 2.05) is 36.0 Å². The number of carbonyl (C=O) groups excluding carboxylic acids is 1. The molecular formula is C22H24ClN3O2S2. The molecule has 3 aromatic rings. The Morgan fingerprint density at radius 3 is 2.47 bits per heavy atom. The molecule has 5 nitrogen and oxygen atoms in total. The molecule has 8 heteroatoms. The Labute approximate surface area is 190 Å². The van der Waals surface area contributed by atoms with Crippen molar-refractivity contribution in [2.45, 2.75) is 48.2 Å².